The summed E-state index contributed by atoms with van der Waals surface area (Å²) >= 11 is 3.21. The van der Waals surface area contributed by atoms with Gasteiger partial charge in [-0.05, 0) is 54.9 Å². The molecule has 1 aliphatic carbocycles. The van der Waals surface area contributed by atoms with Crippen LogP contribution in [-0.4, -0.2) is 37.5 Å². The second-order valence-corrected chi connectivity index (χ2v) is 5.41. The minimum absolute atomic E-state index is 0.0851. The van der Waals surface area contributed by atoms with Crippen molar-refractivity contribution >= 4 is 21.8 Å². The minimum atomic E-state index is -0.0851. The van der Waals surface area contributed by atoms with E-state index in [1.807, 2.05) is 0 Å². The van der Waals surface area contributed by atoms with Gasteiger partial charge in [-0.15, -0.1) is 0 Å². The molecule has 1 saturated carbocycles. The van der Waals surface area contributed by atoms with Crippen LogP contribution in [0.5, 0.6) is 0 Å². The van der Waals surface area contributed by atoms with Crippen LogP contribution in [0.4, 0.5) is 0 Å². The summed E-state index contributed by atoms with van der Waals surface area (Å²) in [5, 5.41) is 2.96. The first-order chi connectivity index (χ1) is 8.09. The Morgan fingerprint density at radius 3 is 2.82 bits per heavy atom. The van der Waals surface area contributed by atoms with Gasteiger partial charge >= 0.3 is 0 Å². The van der Waals surface area contributed by atoms with Crippen LogP contribution in [0.3, 0.4) is 0 Å². The van der Waals surface area contributed by atoms with Crippen LogP contribution in [0.25, 0.3) is 0 Å². The molecule has 4 nitrogen and oxygen atoms in total. The Labute approximate surface area is 109 Å². The first-order valence-corrected chi connectivity index (χ1v) is 6.56. The van der Waals surface area contributed by atoms with Crippen molar-refractivity contribution in [1.29, 1.82) is 0 Å². The molecule has 1 aliphatic rings. The zero-order chi connectivity index (χ0) is 12.4. The SMILES string of the molecule is CN(C)[C@@H](CNC(=O)c1ccoc1Br)C1CC1. The monoisotopic (exact) mass is 300 g/mol. The van der Waals surface area contributed by atoms with Crippen LogP contribution in [0.1, 0.15) is 23.2 Å². The molecule has 1 aromatic rings. The highest BCUT2D eigenvalue weighted by Gasteiger charge is 2.32. The Kier molecular flexibility index (Phi) is 3.89. The molecule has 17 heavy (non-hydrogen) atoms. The van der Waals surface area contributed by atoms with E-state index in [9.17, 15) is 4.79 Å². The maximum atomic E-state index is 11.9. The number of carbonyl (C=O) groups excluding carboxylic acids is 1. The predicted molar refractivity (Wildman–Crippen MR) is 68.9 cm³/mol. The molecular formula is C12H17BrN2O2. The van der Waals surface area contributed by atoms with E-state index in [-0.39, 0.29) is 5.91 Å². The lowest BCUT2D eigenvalue weighted by atomic mass is 10.1. The summed E-state index contributed by atoms with van der Waals surface area (Å²) in [6, 6.07) is 2.10. The van der Waals surface area contributed by atoms with Gasteiger partial charge in [-0.2, -0.15) is 0 Å². The van der Waals surface area contributed by atoms with Crippen LogP contribution < -0.4 is 5.32 Å². The number of halogens is 1. The number of hydrogen-bond acceptors (Lipinski definition) is 3. The molecule has 0 aromatic carbocycles. The lowest BCUT2D eigenvalue weighted by Gasteiger charge is -2.24. The largest absolute Gasteiger partial charge is 0.457 e. The van der Waals surface area contributed by atoms with E-state index >= 15 is 0 Å². The third-order valence-corrected chi connectivity index (χ3v) is 3.78. The Hall–Kier alpha value is -0.810. The number of likely N-dealkylation sites (N-methyl/N-ethyl adjacent to an activating group) is 1. The van der Waals surface area contributed by atoms with Crippen molar-refractivity contribution in [2.45, 2.75) is 18.9 Å². The van der Waals surface area contributed by atoms with E-state index in [0.29, 0.717) is 22.8 Å². The van der Waals surface area contributed by atoms with Gasteiger partial charge in [0.2, 0.25) is 0 Å². The fourth-order valence-electron chi connectivity index (χ4n) is 2.00. The van der Waals surface area contributed by atoms with Gasteiger partial charge in [0.25, 0.3) is 5.91 Å². The average molecular weight is 301 g/mol. The second-order valence-electron chi connectivity index (χ2n) is 4.69. The van der Waals surface area contributed by atoms with Crippen LogP contribution in [0.15, 0.2) is 21.4 Å². The van der Waals surface area contributed by atoms with Crippen LogP contribution in [-0.2, 0) is 0 Å². The van der Waals surface area contributed by atoms with Crippen molar-refractivity contribution in [1.82, 2.24) is 10.2 Å². The molecule has 94 valence electrons. The number of rotatable bonds is 5. The van der Waals surface area contributed by atoms with Crippen molar-refractivity contribution in [3.63, 3.8) is 0 Å². The van der Waals surface area contributed by atoms with Gasteiger partial charge in [-0.25, -0.2) is 0 Å². The molecule has 5 heteroatoms. The first-order valence-electron chi connectivity index (χ1n) is 5.77. The van der Waals surface area contributed by atoms with Gasteiger partial charge in [0.1, 0.15) is 0 Å². The first kappa shape index (κ1) is 12.6. The van der Waals surface area contributed by atoms with Gasteiger partial charge in [0.15, 0.2) is 4.67 Å². The van der Waals surface area contributed by atoms with Crippen molar-refractivity contribution in [3.8, 4) is 0 Å². The quantitative estimate of drug-likeness (QED) is 0.906. The van der Waals surface area contributed by atoms with Crippen LogP contribution in [0.2, 0.25) is 0 Å². The standard InChI is InChI=1S/C12H17BrN2O2/c1-15(2)10(8-3-4-8)7-14-12(16)9-5-6-17-11(9)13/h5-6,8,10H,3-4,7H2,1-2H3,(H,14,16)/t10-/m0/s1. The highest BCUT2D eigenvalue weighted by molar-refractivity contribution is 9.10. The summed E-state index contributed by atoms with van der Waals surface area (Å²) in [6.45, 7) is 0.689. The lowest BCUT2D eigenvalue weighted by molar-refractivity contribution is 0.0937. The summed E-state index contributed by atoms with van der Waals surface area (Å²) in [5.74, 6) is 0.649. The molecule has 1 fully saturated rings. The zero-order valence-corrected chi connectivity index (χ0v) is 11.7. The second kappa shape index (κ2) is 5.23. The molecule has 1 N–H and O–H groups in total. The summed E-state index contributed by atoms with van der Waals surface area (Å²) in [4.78, 5) is 14.1. The molecule has 0 bridgehead atoms. The molecule has 1 aromatic heterocycles. The van der Waals surface area contributed by atoms with Gasteiger partial charge in [-0.1, -0.05) is 0 Å². The van der Waals surface area contributed by atoms with Crippen LogP contribution in [0, 0.1) is 5.92 Å². The molecule has 0 spiro atoms. The average Bonchev–Trinajstić information content (AvgIpc) is 3.00. The molecule has 1 amide bonds. The molecule has 0 radical (unpaired) electrons. The predicted octanol–water partition coefficient (Wildman–Crippen LogP) is 2.11. The molecule has 1 heterocycles. The smallest absolute Gasteiger partial charge is 0.255 e. The van der Waals surface area contributed by atoms with Crippen molar-refractivity contribution in [2.24, 2.45) is 5.92 Å². The zero-order valence-electron chi connectivity index (χ0n) is 10.1. The summed E-state index contributed by atoms with van der Waals surface area (Å²) in [6.07, 6.45) is 4.05. The fraction of sp³-hybridized carbons (Fsp3) is 0.583. The molecule has 2 rings (SSSR count). The number of nitrogens with zero attached hydrogens (tertiary/aromatic N) is 1. The third-order valence-electron chi connectivity index (χ3n) is 3.16. The van der Waals surface area contributed by atoms with Gasteiger partial charge in [0.05, 0.1) is 11.8 Å². The van der Waals surface area contributed by atoms with Gasteiger partial charge in [0, 0.05) is 12.6 Å². The Balaban J connectivity index is 1.89. The summed E-state index contributed by atoms with van der Waals surface area (Å²) in [7, 11) is 4.12. The fourth-order valence-corrected chi connectivity index (χ4v) is 2.42. The third kappa shape index (κ3) is 3.10. The molecule has 0 aliphatic heterocycles. The van der Waals surface area contributed by atoms with E-state index < -0.39 is 0 Å². The van der Waals surface area contributed by atoms with E-state index in [2.05, 4.69) is 40.2 Å². The number of furan rings is 1. The lowest BCUT2D eigenvalue weighted by Crippen LogP contribution is -2.41. The minimum Gasteiger partial charge on any atom is -0.457 e. The number of nitrogens with one attached hydrogen (secondary N) is 1. The maximum Gasteiger partial charge on any atom is 0.255 e. The van der Waals surface area contributed by atoms with E-state index in [0.717, 1.165) is 5.92 Å². The summed E-state index contributed by atoms with van der Waals surface area (Å²) < 4.78 is 5.53. The van der Waals surface area contributed by atoms with Crippen LogP contribution >= 0.6 is 15.9 Å². The molecular weight excluding hydrogens is 284 g/mol. The molecule has 1 atom stereocenters. The van der Waals surface area contributed by atoms with Gasteiger partial charge < -0.3 is 14.6 Å². The van der Waals surface area contributed by atoms with Crippen molar-refractivity contribution in [3.05, 3.63) is 22.6 Å². The molecule has 0 unspecified atom stereocenters. The number of hydrogen-bond donors (Lipinski definition) is 1. The normalized spacial score (nSPS) is 17.2. The summed E-state index contributed by atoms with van der Waals surface area (Å²) in [5.41, 5.74) is 0.554. The van der Waals surface area contributed by atoms with Crippen molar-refractivity contribution in [2.75, 3.05) is 20.6 Å². The van der Waals surface area contributed by atoms with E-state index in [4.69, 9.17) is 4.42 Å². The van der Waals surface area contributed by atoms with Gasteiger partial charge in [-0.3, -0.25) is 4.79 Å². The highest BCUT2D eigenvalue weighted by atomic mass is 79.9. The Morgan fingerprint density at radius 2 is 2.35 bits per heavy atom. The van der Waals surface area contributed by atoms with E-state index in [1.54, 1.807) is 6.07 Å². The highest BCUT2D eigenvalue weighted by Crippen LogP contribution is 2.34. The Morgan fingerprint density at radius 1 is 1.65 bits per heavy atom. The molecule has 0 saturated heterocycles. The number of carbonyl (C=O) groups is 1. The topological polar surface area (TPSA) is 45.5 Å². The number of amides is 1. The van der Waals surface area contributed by atoms with Crippen molar-refractivity contribution < 1.29 is 9.21 Å². The Bertz CT molecular complexity index is 397. The van der Waals surface area contributed by atoms with E-state index in [1.165, 1.54) is 19.1 Å². The maximum absolute atomic E-state index is 11.9.